The number of carbonyl (C=O) groups is 1. The van der Waals surface area contributed by atoms with Crippen molar-refractivity contribution in [2.24, 2.45) is 0 Å². The molecular formula is C23H26ClF3N2O4S. The molecule has 11 heteroatoms. The summed E-state index contributed by atoms with van der Waals surface area (Å²) in [6.07, 6.45) is 0.129. The average molecular weight is 519 g/mol. The van der Waals surface area contributed by atoms with E-state index in [0.717, 1.165) is 16.4 Å². The molecule has 0 spiro atoms. The van der Waals surface area contributed by atoms with Gasteiger partial charge in [0, 0.05) is 23.2 Å². The fourth-order valence-corrected chi connectivity index (χ4v) is 5.69. The maximum atomic E-state index is 15.0. The van der Waals surface area contributed by atoms with Gasteiger partial charge in [0.05, 0.1) is 23.1 Å². The molecule has 3 rings (SSSR count). The van der Waals surface area contributed by atoms with Crippen molar-refractivity contribution in [1.29, 1.82) is 0 Å². The Labute approximate surface area is 201 Å². The minimum absolute atomic E-state index is 0.149. The number of hydrogen-bond donors (Lipinski definition) is 2. The Balaban J connectivity index is 1.99. The monoisotopic (exact) mass is 518 g/mol. The van der Waals surface area contributed by atoms with Gasteiger partial charge in [-0.1, -0.05) is 30.5 Å². The molecular weight excluding hydrogens is 493 g/mol. The zero-order chi connectivity index (χ0) is 25.0. The number of hydrogen-bond acceptors (Lipinski definition) is 4. The molecule has 34 heavy (non-hydrogen) atoms. The fraction of sp³-hybridized carbons (Fsp3) is 0.435. The molecule has 0 aromatic heterocycles. The molecule has 1 fully saturated rings. The number of sulfonamides is 1. The lowest BCUT2D eigenvalue weighted by Gasteiger charge is -2.35. The van der Waals surface area contributed by atoms with Gasteiger partial charge in [-0.2, -0.15) is 4.31 Å². The van der Waals surface area contributed by atoms with Crippen molar-refractivity contribution in [2.45, 2.75) is 62.3 Å². The van der Waals surface area contributed by atoms with Crippen molar-refractivity contribution in [2.75, 3.05) is 6.61 Å². The quantitative estimate of drug-likeness (QED) is 0.548. The molecule has 0 heterocycles. The van der Waals surface area contributed by atoms with Gasteiger partial charge in [0.2, 0.25) is 10.0 Å². The van der Waals surface area contributed by atoms with Crippen LogP contribution in [0.25, 0.3) is 0 Å². The molecule has 3 atom stereocenters. The number of nitrogens with zero attached hydrogens (tertiary/aromatic N) is 1. The molecule has 1 aliphatic carbocycles. The molecule has 2 aromatic rings. The molecule has 0 bridgehead atoms. The van der Waals surface area contributed by atoms with E-state index in [0.29, 0.717) is 17.9 Å². The van der Waals surface area contributed by atoms with Gasteiger partial charge in [-0.05, 0) is 50.1 Å². The highest BCUT2D eigenvalue weighted by Crippen LogP contribution is 2.32. The number of nitrogens with one attached hydrogen (secondary N) is 1. The van der Waals surface area contributed by atoms with Gasteiger partial charge in [0.15, 0.2) is 11.6 Å². The van der Waals surface area contributed by atoms with Crippen LogP contribution in [0.15, 0.2) is 41.3 Å². The topological polar surface area (TPSA) is 86.7 Å². The Morgan fingerprint density at radius 2 is 1.79 bits per heavy atom. The first-order valence-corrected chi connectivity index (χ1v) is 12.7. The Morgan fingerprint density at radius 3 is 2.41 bits per heavy atom. The summed E-state index contributed by atoms with van der Waals surface area (Å²) in [6, 6.07) is 5.71. The third-order valence-corrected chi connectivity index (χ3v) is 7.96. The van der Waals surface area contributed by atoms with Crippen molar-refractivity contribution in [3.63, 3.8) is 0 Å². The molecule has 0 radical (unpaired) electrons. The average Bonchev–Trinajstić information content (AvgIpc) is 2.80. The molecule has 1 amide bonds. The van der Waals surface area contributed by atoms with Gasteiger partial charge in [-0.15, -0.1) is 0 Å². The third-order valence-electron chi connectivity index (χ3n) is 5.82. The van der Waals surface area contributed by atoms with Crippen LogP contribution < -0.4 is 5.32 Å². The second kappa shape index (κ2) is 11.1. The van der Waals surface area contributed by atoms with Crippen LogP contribution in [0.5, 0.6) is 0 Å². The highest BCUT2D eigenvalue weighted by molar-refractivity contribution is 7.89. The van der Waals surface area contributed by atoms with E-state index < -0.39 is 64.5 Å². The molecule has 186 valence electrons. The van der Waals surface area contributed by atoms with Crippen LogP contribution in [0, 0.1) is 11.6 Å². The summed E-state index contributed by atoms with van der Waals surface area (Å²) < 4.78 is 72.3. The summed E-state index contributed by atoms with van der Waals surface area (Å²) in [5, 5.41) is 11.7. The minimum atomic E-state index is -4.29. The minimum Gasteiger partial charge on any atom is -0.394 e. The van der Waals surface area contributed by atoms with E-state index in [9.17, 15) is 26.4 Å². The van der Waals surface area contributed by atoms with E-state index in [1.54, 1.807) is 0 Å². The van der Waals surface area contributed by atoms with Crippen LogP contribution in [0.3, 0.4) is 0 Å². The molecule has 1 aliphatic rings. The van der Waals surface area contributed by atoms with Gasteiger partial charge < -0.3 is 10.4 Å². The van der Waals surface area contributed by atoms with E-state index in [-0.39, 0.29) is 23.3 Å². The van der Waals surface area contributed by atoms with Crippen LogP contribution in [0.4, 0.5) is 13.2 Å². The Hall–Kier alpha value is -2.14. The molecule has 2 unspecified atom stereocenters. The van der Waals surface area contributed by atoms with Crippen LogP contribution in [0.2, 0.25) is 5.02 Å². The number of aliphatic hydroxyl groups excluding tert-OH is 1. The molecule has 2 aromatic carbocycles. The predicted molar refractivity (Wildman–Crippen MR) is 122 cm³/mol. The highest BCUT2D eigenvalue weighted by atomic mass is 35.5. The summed E-state index contributed by atoms with van der Waals surface area (Å²) in [5.74, 6) is -3.78. The lowest BCUT2D eigenvalue weighted by atomic mass is 9.93. The Morgan fingerprint density at radius 1 is 1.15 bits per heavy atom. The molecule has 0 aliphatic heterocycles. The number of rotatable bonds is 8. The predicted octanol–water partition coefficient (Wildman–Crippen LogP) is 4.20. The van der Waals surface area contributed by atoms with Gasteiger partial charge >= 0.3 is 0 Å². The summed E-state index contributed by atoms with van der Waals surface area (Å²) in [7, 11) is -4.29. The van der Waals surface area contributed by atoms with E-state index in [4.69, 9.17) is 16.7 Å². The van der Waals surface area contributed by atoms with Crippen molar-refractivity contribution in [3.05, 3.63) is 64.2 Å². The molecule has 0 saturated heterocycles. The van der Waals surface area contributed by atoms with Crippen LogP contribution >= 0.6 is 11.6 Å². The molecule has 2 N–H and O–H groups in total. The van der Waals surface area contributed by atoms with Gasteiger partial charge in [0.1, 0.15) is 6.17 Å². The molecule has 6 nitrogen and oxygen atoms in total. The van der Waals surface area contributed by atoms with Gasteiger partial charge in [-0.25, -0.2) is 21.6 Å². The number of amides is 1. The first-order valence-electron chi connectivity index (χ1n) is 10.9. The Bertz CT molecular complexity index is 1130. The highest BCUT2D eigenvalue weighted by Gasteiger charge is 2.38. The van der Waals surface area contributed by atoms with Crippen LogP contribution in [0.1, 0.15) is 48.5 Å². The smallest absolute Gasteiger partial charge is 0.254 e. The second-order valence-electron chi connectivity index (χ2n) is 8.33. The lowest BCUT2D eigenvalue weighted by molar-refractivity contribution is 0.0917. The van der Waals surface area contributed by atoms with Crippen molar-refractivity contribution in [1.82, 2.24) is 9.62 Å². The zero-order valence-electron chi connectivity index (χ0n) is 18.5. The number of carbonyl (C=O) groups excluding carboxylic acids is 1. The number of aliphatic hydroxyl groups is 1. The summed E-state index contributed by atoms with van der Waals surface area (Å²) in [5.41, 5.74) is -0.922. The second-order valence-corrected chi connectivity index (χ2v) is 10.7. The number of halogens is 4. The Kier molecular flexibility index (Phi) is 8.62. The van der Waals surface area contributed by atoms with Crippen molar-refractivity contribution < 1.29 is 31.5 Å². The first-order chi connectivity index (χ1) is 16.1. The van der Waals surface area contributed by atoms with E-state index in [1.165, 1.54) is 31.2 Å². The van der Waals surface area contributed by atoms with Crippen molar-refractivity contribution in [3.8, 4) is 0 Å². The fourth-order valence-electron chi connectivity index (χ4n) is 3.91. The largest absolute Gasteiger partial charge is 0.394 e. The van der Waals surface area contributed by atoms with Crippen LogP contribution in [-0.4, -0.2) is 48.6 Å². The maximum Gasteiger partial charge on any atom is 0.254 e. The van der Waals surface area contributed by atoms with Crippen LogP contribution in [-0.2, 0) is 16.6 Å². The third kappa shape index (κ3) is 5.73. The van der Waals surface area contributed by atoms with Gasteiger partial charge in [0.25, 0.3) is 5.91 Å². The first kappa shape index (κ1) is 26.5. The number of benzene rings is 2. The van der Waals surface area contributed by atoms with Gasteiger partial charge in [-0.3, -0.25) is 4.79 Å². The maximum absolute atomic E-state index is 15.0. The van der Waals surface area contributed by atoms with E-state index in [2.05, 4.69) is 5.32 Å². The summed E-state index contributed by atoms with van der Waals surface area (Å²) in [6.45, 7) is 0.475. The zero-order valence-corrected chi connectivity index (χ0v) is 20.1. The van der Waals surface area contributed by atoms with Crippen molar-refractivity contribution >= 4 is 27.5 Å². The number of alkyl halides is 1. The molecule has 1 saturated carbocycles. The lowest BCUT2D eigenvalue weighted by Crippen LogP contribution is -2.46. The SMILES string of the molecule is CC(CO)NC(=O)c1ccc(CN(C2CCCC[C@H]2F)S(=O)(=O)c2ccc(Cl)cc2)c(F)c1F. The summed E-state index contributed by atoms with van der Waals surface area (Å²) >= 11 is 5.86. The van der Waals surface area contributed by atoms with E-state index >= 15 is 0 Å². The van der Waals surface area contributed by atoms with E-state index in [1.807, 2.05) is 0 Å². The normalized spacial score (nSPS) is 19.7. The standard InChI is InChI=1S/C23H26ClF3N2O4S/c1-14(13-30)28-23(31)18-11-6-15(21(26)22(18)27)12-29(20-5-3-2-4-19(20)25)34(32,33)17-9-7-16(24)8-10-17/h6-11,14,19-20,30H,2-5,12-13H2,1H3,(H,28,31)/t14?,19-,20?/m1/s1. The summed E-state index contributed by atoms with van der Waals surface area (Å²) in [4.78, 5) is 12.0.